The third-order valence-electron chi connectivity index (χ3n) is 3.99. The van der Waals surface area contributed by atoms with Crippen molar-refractivity contribution in [2.75, 3.05) is 18.1 Å². The molecule has 0 saturated carbocycles. The third kappa shape index (κ3) is 3.94. The predicted octanol–water partition coefficient (Wildman–Crippen LogP) is 3.24. The average molecular weight is 360 g/mol. The van der Waals surface area contributed by atoms with Gasteiger partial charge in [-0.2, -0.15) is 0 Å². The van der Waals surface area contributed by atoms with E-state index >= 15 is 0 Å². The molecule has 1 aliphatic rings. The maximum atomic E-state index is 12.6. The summed E-state index contributed by atoms with van der Waals surface area (Å²) in [6, 6.07) is 14.6. The molecular weight excluding hydrogens is 342 g/mol. The van der Waals surface area contributed by atoms with Crippen LogP contribution >= 0.6 is 11.6 Å². The Morgan fingerprint density at radius 2 is 1.88 bits per heavy atom. The number of halogens is 1. The summed E-state index contributed by atoms with van der Waals surface area (Å²) in [6.45, 7) is 1.85. The lowest BCUT2D eigenvalue weighted by atomic mass is 10.2. The lowest BCUT2D eigenvalue weighted by molar-refractivity contribution is -0.155. The Morgan fingerprint density at radius 1 is 1.16 bits per heavy atom. The predicted molar refractivity (Wildman–Crippen MR) is 95.0 cm³/mol. The number of anilines is 1. The van der Waals surface area contributed by atoms with Crippen molar-refractivity contribution in [2.45, 2.75) is 19.4 Å². The van der Waals surface area contributed by atoms with Crippen molar-refractivity contribution >= 4 is 29.2 Å². The fourth-order valence-electron chi connectivity index (χ4n) is 2.77. The zero-order valence-corrected chi connectivity index (χ0v) is 14.5. The first kappa shape index (κ1) is 17.3. The maximum absolute atomic E-state index is 12.6. The molecule has 0 radical (unpaired) electrons. The highest BCUT2D eigenvalue weighted by molar-refractivity contribution is 6.32. The van der Waals surface area contributed by atoms with Gasteiger partial charge in [0.15, 0.2) is 12.7 Å². The van der Waals surface area contributed by atoms with Crippen LogP contribution in [0.15, 0.2) is 48.5 Å². The minimum atomic E-state index is -0.881. The van der Waals surface area contributed by atoms with Gasteiger partial charge in [-0.1, -0.05) is 41.9 Å². The number of hydrogen-bond acceptors (Lipinski definition) is 4. The summed E-state index contributed by atoms with van der Waals surface area (Å²) >= 11 is 5.96. The highest BCUT2D eigenvalue weighted by Gasteiger charge is 2.29. The van der Waals surface area contributed by atoms with E-state index < -0.39 is 12.1 Å². The molecule has 0 bridgehead atoms. The molecule has 2 aromatic carbocycles. The van der Waals surface area contributed by atoms with Crippen LogP contribution < -0.4 is 9.64 Å². The molecule has 1 aliphatic heterocycles. The molecule has 0 aromatic heterocycles. The van der Waals surface area contributed by atoms with E-state index in [-0.39, 0.29) is 12.5 Å². The first-order chi connectivity index (χ1) is 12.1. The molecule has 3 rings (SSSR count). The molecule has 6 heteroatoms. The zero-order chi connectivity index (χ0) is 17.8. The van der Waals surface area contributed by atoms with Gasteiger partial charge in [0.2, 0.25) is 0 Å². The van der Waals surface area contributed by atoms with E-state index in [2.05, 4.69) is 0 Å². The zero-order valence-electron chi connectivity index (χ0n) is 13.8. The monoisotopic (exact) mass is 359 g/mol. The molecule has 1 amide bonds. The van der Waals surface area contributed by atoms with Gasteiger partial charge in [0.25, 0.3) is 5.91 Å². The van der Waals surface area contributed by atoms with E-state index in [1.165, 1.54) is 0 Å². The molecule has 0 aliphatic carbocycles. The van der Waals surface area contributed by atoms with Crippen LogP contribution in [-0.2, 0) is 20.7 Å². The minimum absolute atomic E-state index is 0.240. The molecule has 0 spiro atoms. The number of carbonyl (C=O) groups is 2. The minimum Gasteiger partial charge on any atom is -0.480 e. The van der Waals surface area contributed by atoms with Gasteiger partial charge in [-0.25, -0.2) is 4.79 Å². The molecule has 0 N–H and O–H groups in total. The number of carbonyl (C=O) groups excluding carboxylic acids is 2. The summed E-state index contributed by atoms with van der Waals surface area (Å²) < 4.78 is 10.5. The van der Waals surface area contributed by atoms with Gasteiger partial charge in [-0.3, -0.25) is 4.79 Å². The van der Waals surface area contributed by atoms with Crippen molar-refractivity contribution in [3.05, 3.63) is 59.1 Å². The molecule has 130 valence electrons. The van der Waals surface area contributed by atoms with Gasteiger partial charge in [0.1, 0.15) is 5.75 Å². The summed E-state index contributed by atoms with van der Waals surface area (Å²) in [5.41, 5.74) is 2.00. The van der Waals surface area contributed by atoms with Gasteiger partial charge in [0.05, 0.1) is 5.02 Å². The normalized spacial score (nSPS) is 13.9. The van der Waals surface area contributed by atoms with Crippen LogP contribution in [-0.4, -0.2) is 31.1 Å². The summed E-state index contributed by atoms with van der Waals surface area (Å²) in [5.74, 6) is -0.460. The Labute approximate surface area is 151 Å². The molecule has 0 fully saturated rings. The summed E-state index contributed by atoms with van der Waals surface area (Å²) in [6.07, 6.45) is -0.0773. The molecule has 0 saturated heterocycles. The molecule has 1 heterocycles. The number of nitrogens with zero attached hydrogens (tertiary/aromatic N) is 1. The van der Waals surface area contributed by atoms with Gasteiger partial charge in [-0.15, -0.1) is 0 Å². The topological polar surface area (TPSA) is 55.8 Å². The van der Waals surface area contributed by atoms with Gasteiger partial charge >= 0.3 is 5.97 Å². The van der Waals surface area contributed by atoms with Crippen molar-refractivity contribution < 1.29 is 19.1 Å². The lowest BCUT2D eigenvalue weighted by Crippen LogP contribution is -2.39. The number of esters is 1. The Balaban J connectivity index is 1.55. The standard InChI is InChI=1S/C19H18ClNO4/c1-13(19(23)21-11-10-14-6-2-4-8-16(14)21)25-18(22)12-24-17-9-5-3-7-15(17)20/h2-9,13H,10-12H2,1H3/t13-/m1/s1. The number of benzene rings is 2. The first-order valence-electron chi connectivity index (χ1n) is 8.02. The number of para-hydroxylation sites is 2. The van der Waals surface area contributed by atoms with Gasteiger partial charge in [-0.05, 0) is 37.1 Å². The lowest BCUT2D eigenvalue weighted by Gasteiger charge is -2.21. The maximum Gasteiger partial charge on any atom is 0.344 e. The summed E-state index contributed by atoms with van der Waals surface area (Å²) in [4.78, 5) is 26.2. The quantitative estimate of drug-likeness (QED) is 0.769. The highest BCUT2D eigenvalue weighted by Crippen LogP contribution is 2.28. The summed E-state index contributed by atoms with van der Waals surface area (Å²) in [5, 5.41) is 0.410. The summed E-state index contributed by atoms with van der Waals surface area (Å²) in [7, 11) is 0. The fraction of sp³-hybridized carbons (Fsp3) is 0.263. The van der Waals surface area contributed by atoms with E-state index in [1.54, 1.807) is 36.1 Å². The Kier molecular flexibility index (Phi) is 5.24. The van der Waals surface area contributed by atoms with Crippen LogP contribution in [0.2, 0.25) is 5.02 Å². The van der Waals surface area contributed by atoms with Crippen molar-refractivity contribution in [3.63, 3.8) is 0 Å². The average Bonchev–Trinajstić information content (AvgIpc) is 3.04. The van der Waals surface area contributed by atoms with E-state index in [9.17, 15) is 9.59 Å². The molecule has 5 nitrogen and oxygen atoms in total. The van der Waals surface area contributed by atoms with Gasteiger partial charge in [0, 0.05) is 12.2 Å². The second kappa shape index (κ2) is 7.57. The SMILES string of the molecule is C[C@@H](OC(=O)COc1ccccc1Cl)C(=O)N1CCc2ccccc21. The second-order valence-corrected chi connectivity index (χ2v) is 6.13. The molecular formula is C19H18ClNO4. The number of rotatable bonds is 5. The van der Waals surface area contributed by atoms with Crippen LogP contribution in [0.1, 0.15) is 12.5 Å². The van der Waals surface area contributed by atoms with E-state index in [1.807, 2.05) is 24.3 Å². The third-order valence-corrected chi connectivity index (χ3v) is 4.30. The van der Waals surface area contributed by atoms with E-state index in [4.69, 9.17) is 21.1 Å². The molecule has 1 atom stereocenters. The van der Waals surface area contributed by atoms with Crippen LogP contribution in [0.25, 0.3) is 0 Å². The number of amides is 1. The smallest absolute Gasteiger partial charge is 0.344 e. The largest absolute Gasteiger partial charge is 0.480 e. The fourth-order valence-corrected chi connectivity index (χ4v) is 2.96. The number of ether oxygens (including phenoxy) is 2. The Hall–Kier alpha value is -2.53. The molecule has 0 unspecified atom stereocenters. The van der Waals surface area contributed by atoms with E-state index in [0.717, 1.165) is 17.7 Å². The van der Waals surface area contributed by atoms with Crippen LogP contribution in [0.4, 0.5) is 5.69 Å². The number of fused-ring (bicyclic) bond motifs is 1. The van der Waals surface area contributed by atoms with Crippen LogP contribution in [0.5, 0.6) is 5.75 Å². The Morgan fingerprint density at radius 3 is 2.68 bits per heavy atom. The number of hydrogen-bond donors (Lipinski definition) is 0. The van der Waals surface area contributed by atoms with Crippen LogP contribution in [0, 0.1) is 0 Å². The Bertz CT molecular complexity index is 792. The second-order valence-electron chi connectivity index (χ2n) is 5.72. The van der Waals surface area contributed by atoms with Crippen molar-refractivity contribution in [1.29, 1.82) is 0 Å². The van der Waals surface area contributed by atoms with E-state index in [0.29, 0.717) is 17.3 Å². The highest BCUT2D eigenvalue weighted by atomic mass is 35.5. The molecule has 25 heavy (non-hydrogen) atoms. The van der Waals surface area contributed by atoms with Gasteiger partial charge < -0.3 is 14.4 Å². The van der Waals surface area contributed by atoms with Crippen LogP contribution in [0.3, 0.4) is 0 Å². The van der Waals surface area contributed by atoms with Crippen molar-refractivity contribution in [3.8, 4) is 5.75 Å². The van der Waals surface area contributed by atoms with Crippen molar-refractivity contribution in [2.24, 2.45) is 0 Å². The molecule has 2 aromatic rings. The first-order valence-corrected chi connectivity index (χ1v) is 8.40. The van der Waals surface area contributed by atoms with Crippen molar-refractivity contribution in [1.82, 2.24) is 0 Å².